The SMILES string of the molecule is N#CC1(C(=O)Nc2ccc[nH]2)CC1. The lowest BCUT2D eigenvalue weighted by Crippen LogP contribution is -2.22. The number of hydrogen-bond donors (Lipinski definition) is 2. The van der Waals surface area contributed by atoms with Crippen LogP contribution in [0.4, 0.5) is 5.82 Å². The molecule has 1 aromatic heterocycles. The van der Waals surface area contributed by atoms with Crippen LogP contribution in [0.2, 0.25) is 0 Å². The predicted molar refractivity (Wildman–Crippen MR) is 46.7 cm³/mol. The van der Waals surface area contributed by atoms with E-state index in [4.69, 9.17) is 5.26 Å². The van der Waals surface area contributed by atoms with Crippen molar-refractivity contribution in [2.24, 2.45) is 5.41 Å². The summed E-state index contributed by atoms with van der Waals surface area (Å²) >= 11 is 0. The van der Waals surface area contributed by atoms with Crippen LogP contribution in [0.25, 0.3) is 0 Å². The van der Waals surface area contributed by atoms with Crippen molar-refractivity contribution in [2.45, 2.75) is 12.8 Å². The summed E-state index contributed by atoms with van der Waals surface area (Å²) in [7, 11) is 0. The van der Waals surface area contributed by atoms with Gasteiger partial charge in [-0.1, -0.05) is 0 Å². The van der Waals surface area contributed by atoms with Crippen LogP contribution in [0.5, 0.6) is 0 Å². The van der Waals surface area contributed by atoms with Gasteiger partial charge in [0.15, 0.2) is 0 Å². The Labute approximate surface area is 75.6 Å². The van der Waals surface area contributed by atoms with Gasteiger partial charge in [-0.15, -0.1) is 0 Å². The van der Waals surface area contributed by atoms with Crippen molar-refractivity contribution in [3.8, 4) is 6.07 Å². The van der Waals surface area contributed by atoms with Crippen molar-refractivity contribution in [3.05, 3.63) is 18.3 Å². The highest BCUT2D eigenvalue weighted by Crippen LogP contribution is 2.45. The highest BCUT2D eigenvalue weighted by atomic mass is 16.2. The second kappa shape index (κ2) is 2.63. The van der Waals surface area contributed by atoms with E-state index in [1.54, 1.807) is 18.3 Å². The van der Waals surface area contributed by atoms with Crippen LogP contribution >= 0.6 is 0 Å². The largest absolute Gasteiger partial charge is 0.348 e. The van der Waals surface area contributed by atoms with Gasteiger partial charge in [0, 0.05) is 6.20 Å². The van der Waals surface area contributed by atoms with E-state index in [1.165, 1.54) is 0 Å². The molecular formula is C9H9N3O. The highest BCUT2D eigenvalue weighted by molar-refractivity contribution is 5.98. The van der Waals surface area contributed by atoms with E-state index in [-0.39, 0.29) is 5.91 Å². The molecule has 1 aromatic rings. The lowest BCUT2D eigenvalue weighted by atomic mass is 10.1. The molecule has 1 saturated carbocycles. The summed E-state index contributed by atoms with van der Waals surface area (Å²) in [5.41, 5.74) is -0.745. The molecule has 66 valence electrons. The molecule has 13 heavy (non-hydrogen) atoms. The van der Waals surface area contributed by atoms with Crippen LogP contribution < -0.4 is 5.32 Å². The Morgan fingerprint density at radius 3 is 2.92 bits per heavy atom. The van der Waals surface area contributed by atoms with Crippen molar-refractivity contribution in [1.82, 2.24) is 4.98 Å². The topological polar surface area (TPSA) is 68.7 Å². The Morgan fingerprint density at radius 1 is 1.69 bits per heavy atom. The van der Waals surface area contributed by atoms with Gasteiger partial charge in [0.05, 0.1) is 6.07 Å². The summed E-state index contributed by atoms with van der Waals surface area (Å²) in [6.45, 7) is 0. The van der Waals surface area contributed by atoms with E-state index in [0.29, 0.717) is 18.7 Å². The molecule has 1 aliphatic rings. The Kier molecular flexibility index (Phi) is 1.59. The van der Waals surface area contributed by atoms with Gasteiger partial charge >= 0.3 is 0 Å². The molecule has 1 amide bonds. The number of aromatic nitrogens is 1. The lowest BCUT2D eigenvalue weighted by molar-refractivity contribution is -0.119. The van der Waals surface area contributed by atoms with E-state index < -0.39 is 5.41 Å². The molecule has 0 saturated heterocycles. The van der Waals surface area contributed by atoms with Crippen LogP contribution in [0.15, 0.2) is 18.3 Å². The first-order valence-corrected chi connectivity index (χ1v) is 4.13. The number of H-pyrrole nitrogens is 1. The average Bonchev–Trinajstić information content (AvgIpc) is 2.79. The standard InChI is InChI=1S/C9H9N3O/c10-6-9(3-4-9)8(13)12-7-2-1-5-11-7/h1-2,5,11H,3-4H2,(H,12,13). The molecule has 0 bridgehead atoms. The van der Waals surface area contributed by atoms with Gasteiger partial charge in [0.25, 0.3) is 0 Å². The van der Waals surface area contributed by atoms with Crippen LogP contribution in [-0.2, 0) is 4.79 Å². The second-order valence-corrected chi connectivity index (χ2v) is 3.23. The summed E-state index contributed by atoms with van der Waals surface area (Å²) in [6.07, 6.45) is 3.08. The average molecular weight is 175 g/mol. The molecule has 0 aliphatic heterocycles. The molecule has 0 radical (unpaired) electrons. The first-order chi connectivity index (χ1) is 6.27. The van der Waals surface area contributed by atoms with Gasteiger partial charge in [-0.05, 0) is 25.0 Å². The maximum atomic E-state index is 11.5. The van der Waals surface area contributed by atoms with Gasteiger partial charge < -0.3 is 10.3 Å². The van der Waals surface area contributed by atoms with Crippen molar-refractivity contribution in [1.29, 1.82) is 5.26 Å². The number of hydrogen-bond acceptors (Lipinski definition) is 2. The fraction of sp³-hybridized carbons (Fsp3) is 0.333. The summed E-state index contributed by atoms with van der Waals surface area (Å²) in [5.74, 6) is 0.448. The fourth-order valence-corrected chi connectivity index (χ4v) is 1.16. The number of aromatic amines is 1. The van der Waals surface area contributed by atoms with E-state index in [1.807, 2.05) is 6.07 Å². The zero-order valence-corrected chi connectivity index (χ0v) is 7.00. The van der Waals surface area contributed by atoms with Crippen molar-refractivity contribution < 1.29 is 4.79 Å². The monoisotopic (exact) mass is 175 g/mol. The van der Waals surface area contributed by atoms with Gasteiger partial charge in [-0.3, -0.25) is 4.79 Å². The number of nitrogens with one attached hydrogen (secondary N) is 2. The zero-order valence-electron chi connectivity index (χ0n) is 7.00. The molecule has 1 fully saturated rings. The number of nitriles is 1. The third-order valence-electron chi connectivity index (χ3n) is 2.24. The van der Waals surface area contributed by atoms with Crippen LogP contribution in [-0.4, -0.2) is 10.9 Å². The number of rotatable bonds is 2. The Morgan fingerprint density at radius 2 is 2.46 bits per heavy atom. The minimum atomic E-state index is -0.745. The van der Waals surface area contributed by atoms with Crippen LogP contribution in [0.1, 0.15) is 12.8 Å². The van der Waals surface area contributed by atoms with Crippen LogP contribution in [0, 0.1) is 16.7 Å². The van der Waals surface area contributed by atoms with Gasteiger partial charge in [-0.2, -0.15) is 5.26 Å². The molecule has 4 heteroatoms. The first kappa shape index (κ1) is 7.87. The maximum absolute atomic E-state index is 11.5. The van der Waals surface area contributed by atoms with E-state index in [2.05, 4.69) is 10.3 Å². The maximum Gasteiger partial charge on any atom is 0.245 e. The smallest absolute Gasteiger partial charge is 0.245 e. The number of carbonyl (C=O) groups is 1. The quantitative estimate of drug-likeness (QED) is 0.710. The summed E-state index contributed by atoms with van der Waals surface area (Å²) in [6, 6.07) is 5.59. The molecule has 0 spiro atoms. The summed E-state index contributed by atoms with van der Waals surface area (Å²) in [5, 5.41) is 11.4. The molecule has 0 unspecified atom stereocenters. The number of nitrogens with zero attached hydrogens (tertiary/aromatic N) is 1. The molecular weight excluding hydrogens is 166 g/mol. The van der Waals surface area contributed by atoms with E-state index in [9.17, 15) is 4.79 Å². The number of amides is 1. The molecule has 0 aromatic carbocycles. The van der Waals surface area contributed by atoms with Crippen molar-refractivity contribution >= 4 is 11.7 Å². The third-order valence-corrected chi connectivity index (χ3v) is 2.24. The first-order valence-electron chi connectivity index (χ1n) is 4.13. The molecule has 2 N–H and O–H groups in total. The molecule has 1 aliphatic carbocycles. The van der Waals surface area contributed by atoms with Crippen molar-refractivity contribution in [3.63, 3.8) is 0 Å². The molecule has 4 nitrogen and oxygen atoms in total. The Hall–Kier alpha value is -1.76. The number of carbonyl (C=O) groups excluding carboxylic acids is 1. The fourth-order valence-electron chi connectivity index (χ4n) is 1.16. The zero-order chi connectivity index (χ0) is 9.31. The van der Waals surface area contributed by atoms with E-state index >= 15 is 0 Å². The second-order valence-electron chi connectivity index (χ2n) is 3.23. The Balaban J connectivity index is 2.05. The van der Waals surface area contributed by atoms with E-state index in [0.717, 1.165) is 0 Å². The number of anilines is 1. The lowest BCUT2D eigenvalue weighted by Gasteiger charge is -2.05. The summed E-state index contributed by atoms with van der Waals surface area (Å²) in [4.78, 5) is 14.3. The molecule has 0 atom stereocenters. The third kappa shape index (κ3) is 1.29. The predicted octanol–water partition coefficient (Wildman–Crippen LogP) is 1.26. The van der Waals surface area contributed by atoms with Gasteiger partial charge in [0.1, 0.15) is 11.2 Å². The highest BCUT2D eigenvalue weighted by Gasteiger charge is 2.50. The summed E-state index contributed by atoms with van der Waals surface area (Å²) < 4.78 is 0. The van der Waals surface area contributed by atoms with Crippen LogP contribution in [0.3, 0.4) is 0 Å². The molecule has 1 heterocycles. The van der Waals surface area contributed by atoms with Gasteiger partial charge in [-0.25, -0.2) is 0 Å². The molecule has 2 rings (SSSR count). The van der Waals surface area contributed by atoms with Crippen molar-refractivity contribution in [2.75, 3.05) is 5.32 Å². The minimum Gasteiger partial charge on any atom is -0.348 e. The minimum absolute atomic E-state index is 0.197. The van der Waals surface area contributed by atoms with Gasteiger partial charge in [0.2, 0.25) is 5.91 Å². The Bertz CT molecular complexity index is 357. The normalized spacial score (nSPS) is 17.5.